The zero-order chi connectivity index (χ0) is 18.5. The van der Waals surface area contributed by atoms with Crippen LogP contribution in [0, 0.1) is 6.92 Å². The zero-order valence-corrected chi connectivity index (χ0v) is 16.5. The summed E-state index contributed by atoms with van der Waals surface area (Å²) in [6.07, 6.45) is 0. The van der Waals surface area contributed by atoms with E-state index in [1.54, 1.807) is 0 Å². The van der Waals surface area contributed by atoms with Crippen molar-refractivity contribution in [2.75, 3.05) is 5.32 Å². The van der Waals surface area contributed by atoms with Crippen LogP contribution in [-0.2, 0) is 13.2 Å². The van der Waals surface area contributed by atoms with E-state index in [9.17, 15) is 0 Å². The number of hydrogen-bond donors (Lipinski definition) is 1. The number of anilines is 1. The second kappa shape index (κ2) is 8.68. The fourth-order valence-electron chi connectivity index (χ4n) is 2.54. The fraction of sp³-hybridized carbons (Fsp3) is 0.143. The van der Waals surface area contributed by atoms with Crippen LogP contribution < -0.4 is 10.1 Å². The van der Waals surface area contributed by atoms with E-state index in [1.165, 1.54) is 0 Å². The summed E-state index contributed by atoms with van der Waals surface area (Å²) in [5, 5.41) is 5.38. The third-order valence-corrected chi connectivity index (χ3v) is 5.16. The lowest BCUT2D eigenvalue weighted by Crippen LogP contribution is -2.02. The Balaban J connectivity index is 1.64. The second-order valence-electron chi connectivity index (χ2n) is 5.91. The van der Waals surface area contributed by atoms with E-state index >= 15 is 0 Å². The summed E-state index contributed by atoms with van der Waals surface area (Å²) in [7, 11) is 0. The van der Waals surface area contributed by atoms with Gasteiger partial charge in [0.2, 0.25) is 0 Å². The van der Waals surface area contributed by atoms with E-state index in [0.29, 0.717) is 28.9 Å². The molecule has 0 fully saturated rings. The largest absolute Gasteiger partial charge is 0.487 e. The van der Waals surface area contributed by atoms with Gasteiger partial charge in [0.05, 0.1) is 5.02 Å². The van der Waals surface area contributed by atoms with Crippen molar-refractivity contribution < 1.29 is 4.74 Å². The van der Waals surface area contributed by atoms with Crippen LogP contribution in [0.15, 0.2) is 60.7 Å². The van der Waals surface area contributed by atoms with E-state index in [2.05, 4.69) is 5.32 Å². The molecule has 0 unspecified atom stereocenters. The van der Waals surface area contributed by atoms with Gasteiger partial charge in [-0.25, -0.2) is 0 Å². The number of rotatable bonds is 6. The number of hydrogen-bond acceptors (Lipinski definition) is 2. The Kier molecular flexibility index (Phi) is 6.31. The summed E-state index contributed by atoms with van der Waals surface area (Å²) in [5.74, 6) is 0.634. The van der Waals surface area contributed by atoms with E-state index < -0.39 is 0 Å². The zero-order valence-electron chi connectivity index (χ0n) is 14.2. The number of halogens is 3. The predicted molar refractivity (Wildman–Crippen MR) is 111 cm³/mol. The minimum Gasteiger partial charge on any atom is -0.487 e. The van der Waals surface area contributed by atoms with Crippen LogP contribution in [-0.4, -0.2) is 0 Å². The van der Waals surface area contributed by atoms with E-state index in [4.69, 9.17) is 39.5 Å². The molecule has 0 aromatic heterocycles. The Morgan fingerprint density at radius 2 is 1.62 bits per heavy atom. The van der Waals surface area contributed by atoms with Crippen molar-refractivity contribution in [1.82, 2.24) is 0 Å². The van der Waals surface area contributed by atoms with Crippen molar-refractivity contribution in [3.63, 3.8) is 0 Å². The highest BCUT2D eigenvalue weighted by Crippen LogP contribution is 2.28. The molecular weight excluding hydrogens is 389 g/mol. The van der Waals surface area contributed by atoms with Gasteiger partial charge in [-0.3, -0.25) is 0 Å². The highest BCUT2D eigenvalue weighted by atomic mass is 35.5. The molecule has 0 spiro atoms. The molecule has 134 valence electrons. The number of benzene rings is 3. The first-order valence-corrected chi connectivity index (χ1v) is 9.31. The van der Waals surface area contributed by atoms with Crippen molar-refractivity contribution in [3.8, 4) is 5.75 Å². The normalized spacial score (nSPS) is 10.6. The fourth-order valence-corrected chi connectivity index (χ4v) is 3.16. The van der Waals surface area contributed by atoms with E-state index in [0.717, 1.165) is 27.4 Å². The average molecular weight is 407 g/mol. The third-order valence-electron chi connectivity index (χ3n) is 4.09. The molecule has 0 saturated carbocycles. The Morgan fingerprint density at radius 3 is 2.38 bits per heavy atom. The van der Waals surface area contributed by atoms with Crippen molar-refractivity contribution in [1.29, 1.82) is 0 Å². The van der Waals surface area contributed by atoms with Crippen LogP contribution in [0.25, 0.3) is 0 Å². The van der Waals surface area contributed by atoms with Crippen LogP contribution in [0.5, 0.6) is 5.75 Å². The molecule has 0 bridgehead atoms. The number of nitrogens with one attached hydrogen (secondary N) is 1. The molecule has 0 amide bonds. The summed E-state index contributed by atoms with van der Waals surface area (Å²) in [4.78, 5) is 0. The Labute approximate surface area is 168 Å². The van der Waals surface area contributed by atoms with Crippen LogP contribution in [0.4, 0.5) is 5.69 Å². The summed E-state index contributed by atoms with van der Waals surface area (Å²) in [6.45, 7) is 3.01. The van der Waals surface area contributed by atoms with Gasteiger partial charge in [0, 0.05) is 27.8 Å². The first kappa shape index (κ1) is 18.9. The van der Waals surface area contributed by atoms with Crippen LogP contribution in [0.3, 0.4) is 0 Å². The monoisotopic (exact) mass is 405 g/mol. The van der Waals surface area contributed by atoms with Crippen LogP contribution >= 0.6 is 34.8 Å². The molecule has 0 aliphatic heterocycles. The summed E-state index contributed by atoms with van der Waals surface area (Å²) in [6, 6.07) is 19.2. The smallest absolute Gasteiger partial charge is 0.138 e. The molecule has 26 heavy (non-hydrogen) atoms. The molecule has 3 rings (SSSR count). The standard InChI is InChI=1S/C21H18Cl3NO/c1-14-17(22)7-4-8-20(14)25-12-15-9-10-21(19(24)11-15)26-13-16-5-2-3-6-18(16)23/h2-11,25H,12-13H2,1H3. The highest BCUT2D eigenvalue weighted by molar-refractivity contribution is 6.32. The molecule has 5 heteroatoms. The minimum atomic E-state index is 0.374. The van der Waals surface area contributed by atoms with Gasteiger partial charge in [-0.15, -0.1) is 0 Å². The topological polar surface area (TPSA) is 21.3 Å². The first-order valence-electron chi connectivity index (χ1n) is 8.18. The van der Waals surface area contributed by atoms with Crippen LogP contribution in [0.1, 0.15) is 16.7 Å². The maximum Gasteiger partial charge on any atom is 0.138 e. The maximum atomic E-state index is 6.37. The van der Waals surface area contributed by atoms with Gasteiger partial charge in [0.1, 0.15) is 12.4 Å². The molecule has 3 aromatic carbocycles. The number of ether oxygens (including phenoxy) is 1. The van der Waals surface area contributed by atoms with Gasteiger partial charge in [-0.05, 0) is 48.4 Å². The average Bonchev–Trinajstić information content (AvgIpc) is 2.63. The highest BCUT2D eigenvalue weighted by Gasteiger charge is 2.07. The lowest BCUT2D eigenvalue weighted by atomic mass is 10.1. The molecule has 0 radical (unpaired) electrons. The molecule has 1 N–H and O–H groups in total. The van der Waals surface area contributed by atoms with Crippen molar-refractivity contribution in [2.24, 2.45) is 0 Å². The summed E-state index contributed by atoms with van der Waals surface area (Å²) < 4.78 is 5.80. The van der Waals surface area contributed by atoms with Gasteiger partial charge in [-0.1, -0.05) is 65.1 Å². The third kappa shape index (κ3) is 4.64. The molecule has 3 aromatic rings. The second-order valence-corrected chi connectivity index (χ2v) is 7.13. The molecule has 0 heterocycles. The van der Waals surface area contributed by atoms with Crippen molar-refractivity contribution >= 4 is 40.5 Å². The predicted octanol–water partition coefficient (Wildman–Crippen LogP) is 7.15. The molecule has 0 aliphatic carbocycles. The molecule has 0 atom stereocenters. The van der Waals surface area contributed by atoms with Gasteiger partial charge in [0.15, 0.2) is 0 Å². The van der Waals surface area contributed by atoms with E-state index in [-0.39, 0.29) is 0 Å². The SMILES string of the molecule is Cc1c(Cl)cccc1NCc1ccc(OCc2ccccc2Cl)c(Cl)c1. The van der Waals surface area contributed by atoms with Crippen LogP contribution in [0.2, 0.25) is 15.1 Å². The van der Waals surface area contributed by atoms with Crippen molar-refractivity contribution in [2.45, 2.75) is 20.1 Å². The Bertz CT molecular complexity index is 912. The molecular formula is C21H18Cl3NO. The lowest BCUT2D eigenvalue weighted by molar-refractivity contribution is 0.306. The van der Waals surface area contributed by atoms with Gasteiger partial charge in [-0.2, -0.15) is 0 Å². The van der Waals surface area contributed by atoms with Crippen molar-refractivity contribution in [3.05, 3.63) is 92.4 Å². The van der Waals surface area contributed by atoms with Gasteiger partial charge >= 0.3 is 0 Å². The van der Waals surface area contributed by atoms with E-state index in [1.807, 2.05) is 67.6 Å². The Morgan fingerprint density at radius 1 is 0.846 bits per heavy atom. The Hall–Kier alpha value is -1.87. The molecule has 0 saturated heterocycles. The van der Waals surface area contributed by atoms with Gasteiger partial charge < -0.3 is 10.1 Å². The maximum absolute atomic E-state index is 6.37. The molecule has 2 nitrogen and oxygen atoms in total. The summed E-state index contributed by atoms with van der Waals surface area (Å²) in [5.41, 5.74) is 4.01. The molecule has 0 aliphatic rings. The lowest BCUT2D eigenvalue weighted by Gasteiger charge is -2.13. The quantitative estimate of drug-likeness (QED) is 0.469. The first-order chi connectivity index (χ1) is 12.5. The summed E-state index contributed by atoms with van der Waals surface area (Å²) >= 11 is 18.7. The van der Waals surface area contributed by atoms with Gasteiger partial charge in [0.25, 0.3) is 0 Å². The minimum absolute atomic E-state index is 0.374.